The minimum absolute atomic E-state index is 0.0816. The highest BCUT2D eigenvalue weighted by Gasteiger charge is 2.27. The number of hydrogen-bond acceptors (Lipinski definition) is 2. The van der Waals surface area contributed by atoms with Crippen molar-refractivity contribution in [2.75, 3.05) is 0 Å². The lowest BCUT2D eigenvalue weighted by Gasteiger charge is -2.29. The van der Waals surface area contributed by atoms with Gasteiger partial charge in [0, 0.05) is 16.8 Å². The number of hydrogen-bond donors (Lipinski definition) is 1. The Bertz CT molecular complexity index is 369. The fraction of sp³-hybridized carbons (Fsp3) is 0.583. The van der Waals surface area contributed by atoms with Gasteiger partial charge in [-0.3, -0.25) is 4.79 Å². The average Bonchev–Trinajstić information content (AvgIpc) is 2.64. The molecule has 0 aliphatic heterocycles. The number of aryl methyl sites for hydroxylation is 1. The molecular weight excluding hydrogens is 270 g/mol. The van der Waals surface area contributed by atoms with Gasteiger partial charge in [-0.2, -0.15) is 0 Å². The molecule has 0 saturated heterocycles. The molecule has 1 atom stereocenters. The van der Waals surface area contributed by atoms with Crippen molar-refractivity contribution in [1.29, 1.82) is 0 Å². The van der Waals surface area contributed by atoms with Gasteiger partial charge >= 0.3 is 0 Å². The van der Waals surface area contributed by atoms with E-state index in [1.165, 1.54) is 0 Å². The van der Waals surface area contributed by atoms with E-state index in [2.05, 4.69) is 21.2 Å². The van der Waals surface area contributed by atoms with E-state index >= 15 is 0 Å². The topological polar surface area (TPSA) is 42.2 Å². The second kappa shape index (κ2) is 5.04. The minimum Gasteiger partial charge on any atom is -0.469 e. The first-order valence-electron chi connectivity index (χ1n) is 5.41. The predicted octanol–water partition coefficient (Wildman–Crippen LogP) is 3.13. The second-order valence-corrected chi connectivity index (χ2v) is 5.78. The van der Waals surface area contributed by atoms with Crippen molar-refractivity contribution >= 4 is 21.8 Å². The first-order chi connectivity index (χ1) is 7.38. The third-order valence-electron chi connectivity index (χ3n) is 2.74. The van der Waals surface area contributed by atoms with Gasteiger partial charge in [-0.25, -0.2) is 0 Å². The van der Waals surface area contributed by atoms with E-state index < -0.39 is 0 Å². The summed E-state index contributed by atoms with van der Waals surface area (Å²) in [5.74, 6) is 0.650. The lowest BCUT2D eigenvalue weighted by atomic mass is 10.0. The summed E-state index contributed by atoms with van der Waals surface area (Å²) in [7, 11) is 0. The van der Waals surface area contributed by atoms with E-state index in [-0.39, 0.29) is 16.3 Å². The molecule has 0 spiro atoms. The van der Waals surface area contributed by atoms with Crippen LogP contribution in [0.1, 0.15) is 43.8 Å². The van der Waals surface area contributed by atoms with Crippen molar-refractivity contribution in [1.82, 2.24) is 5.32 Å². The second-order valence-electron chi connectivity index (χ2n) is 4.40. The van der Waals surface area contributed by atoms with Gasteiger partial charge in [0.1, 0.15) is 5.76 Å². The summed E-state index contributed by atoms with van der Waals surface area (Å²) in [6, 6.07) is 1.71. The van der Waals surface area contributed by atoms with E-state index in [1.807, 2.05) is 27.7 Å². The Morgan fingerprint density at radius 2 is 2.25 bits per heavy atom. The summed E-state index contributed by atoms with van der Waals surface area (Å²) in [4.78, 5) is 12.2. The molecule has 0 bridgehead atoms. The Labute approximate surface area is 105 Å². The molecule has 1 unspecified atom stereocenters. The van der Waals surface area contributed by atoms with Gasteiger partial charge < -0.3 is 9.73 Å². The highest BCUT2D eigenvalue weighted by Crippen LogP contribution is 2.19. The molecule has 1 N–H and O–H groups in total. The largest absolute Gasteiger partial charge is 0.469 e. The quantitative estimate of drug-likeness (QED) is 0.865. The highest BCUT2D eigenvalue weighted by molar-refractivity contribution is 9.09. The van der Waals surface area contributed by atoms with Crippen LogP contribution < -0.4 is 5.32 Å². The van der Waals surface area contributed by atoms with E-state index in [9.17, 15) is 4.79 Å². The summed E-state index contributed by atoms with van der Waals surface area (Å²) in [6.07, 6.45) is 2.28. The molecule has 0 aliphatic carbocycles. The molecular formula is C12H18BrNO2. The zero-order valence-electron chi connectivity index (χ0n) is 10.1. The number of carbonyl (C=O) groups excluding carboxylic acids is 1. The Hall–Kier alpha value is -0.770. The van der Waals surface area contributed by atoms with Crippen molar-refractivity contribution in [2.24, 2.45) is 0 Å². The number of nitrogens with one attached hydrogen (secondary N) is 1. The number of furan rings is 1. The predicted molar refractivity (Wildman–Crippen MR) is 68.0 cm³/mol. The number of rotatable bonds is 4. The third kappa shape index (κ3) is 2.88. The maximum Gasteiger partial charge on any atom is 0.255 e. The normalized spacial score (nSPS) is 13.6. The molecule has 3 nitrogen and oxygen atoms in total. The fourth-order valence-electron chi connectivity index (χ4n) is 1.28. The minimum atomic E-state index is -0.292. The molecule has 0 radical (unpaired) electrons. The zero-order chi connectivity index (χ0) is 12.3. The summed E-state index contributed by atoms with van der Waals surface area (Å²) in [5, 5.41) is 2.99. The van der Waals surface area contributed by atoms with Crippen molar-refractivity contribution in [3.05, 3.63) is 23.7 Å². The number of halogens is 1. The van der Waals surface area contributed by atoms with Crippen molar-refractivity contribution in [3.63, 3.8) is 0 Å². The van der Waals surface area contributed by atoms with Crippen molar-refractivity contribution in [3.8, 4) is 0 Å². The van der Waals surface area contributed by atoms with Crippen LogP contribution >= 0.6 is 15.9 Å². The Balaban J connectivity index is 2.81. The standard InChI is InChI=1S/C12H18BrNO2/c1-5-10-9(6-7-16-10)11(15)14-12(3,4)8(2)13/h6-8H,5H2,1-4H3,(H,14,15). The Kier molecular flexibility index (Phi) is 4.19. The molecule has 0 fully saturated rings. The van der Waals surface area contributed by atoms with Crippen LogP contribution in [-0.4, -0.2) is 16.3 Å². The van der Waals surface area contributed by atoms with Crippen LogP contribution in [0.3, 0.4) is 0 Å². The molecule has 4 heteroatoms. The third-order valence-corrected chi connectivity index (χ3v) is 3.89. The van der Waals surface area contributed by atoms with Gasteiger partial charge in [-0.1, -0.05) is 29.8 Å². The van der Waals surface area contributed by atoms with Gasteiger partial charge in [-0.15, -0.1) is 0 Å². The van der Waals surface area contributed by atoms with Crippen LogP contribution in [0.25, 0.3) is 0 Å². The van der Waals surface area contributed by atoms with Crippen molar-refractivity contribution in [2.45, 2.75) is 44.5 Å². The van der Waals surface area contributed by atoms with E-state index in [1.54, 1.807) is 12.3 Å². The Morgan fingerprint density at radius 1 is 1.62 bits per heavy atom. The van der Waals surface area contributed by atoms with Gasteiger partial charge in [0.15, 0.2) is 0 Å². The van der Waals surface area contributed by atoms with Crippen LogP contribution in [0.15, 0.2) is 16.7 Å². The SMILES string of the molecule is CCc1occc1C(=O)NC(C)(C)C(C)Br. The molecule has 1 aromatic heterocycles. The summed E-state index contributed by atoms with van der Waals surface area (Å²) in [5.41, 5.74) is 0.336. The molecule has 1 amide bonds. The summed E-state index contributed by atoms with van der Waals surface area (Å²) >= 11 is 3.49. The summed E-state index contributed by atoms with van der Waals surface area (Å²) < 4.78 is 5.24. The van der Waals surface area contributed by atoms with Crippen LogP contribution in [0.4, 0.5) is 0 Å². The van der Waals surface area contributed by atoms with Gasteiger partial charge in [0.25, 0.3) is 5.91 Å². The van der Waals surface area contributed by atoms with Gasteiger partial charge in [0.2, 0.25) is 0 Å². The smallest absolute Gasteiger partial charge is 0.255 e. The first-order valence-corrected chi connectivity index (χ1v) is 6.33. The molecule has 90 valence electrons. The van der Waals surface area contributed by atoms with E-state index in [0.29, 0.717) is 5.56 Å². The van der Waals surface area contributed by atoms with E-state index in [4.69, 9.17) is 4.42 Å². The van der Waals surface area contributed by atoms with E-state index in [0.717, 1.165) is 12.2 Å². The number of amides is 1. The van der Waals surface area contributed by atoms with Crippen LogP contribution in [0, 0.1) is 0 Å². The number of carbonyl (C=O) groups is 1. The lowest BCUT2D eigenvalue weighted by Crippen LogP contribution is -2.48. The lowest BCUT2D eigenvalue weighted by molar-refractivity contribution is 0.0912. The van der Waals surface area contributed by atoms with Gasteiger partial charge in [0.05, 0.1) is 11.8 Å². The highest BCUT2D eigenvalue weighted by atomic mass is 79.9. The molecule has 1 aromatic rings. The Morgan fingerprint density at radius 3 is 2.75 bits per heavy atom. The molecule has 16 heavy (non-hydrogen) atoms. The molecule has 0 saturated carbocycles. The average molecular weight is 288 g/mol. The van der Waals surface area contributed by atoms with Crippen LogP contribution in [0.2, 0.25) is 0 Å². The first kappa shape index (κ1) is 13.3. The van der Waals surface area contributed by atoms with Gasteiger partial charge in [-0.05, 0) is 19.9 Å². The fourth-order valence-corrected chi connectivity index (χ4v) is 1.39. The molecule has 0 aliphatic rings. The number of alkyl halides is 1. The molecule has 1 rings (SSSR count). The van der Waals surface area contributed by atoms with Crippen LogP contribution in [0.5, 0.6) is 0 Å². The monoisotopic (exact) mass is 287 g/mol. The summed E-state index contributed by atoms with van der Waals surface area (Å²) in [6.45, 7) is 7.94. The maximum atomic E-state index is 12.0. The van der Waals surface area contributed by atoms with Crippen LogP contribution in [-0.2, 0) is 6.42 Å². The zero-order valence-corrected chi connectivity index (χ0v) is 11.7. The molecule has 1 heterocycles. The van der Waals surface area contributed by atoms with Crippen molar-refractivity contribution < 1.29 is 9.21 Å². The maximum absolute atomic E-state index is 12.0. The molecule has 0 aromatic carbocycles.